The van der Waals surface area contributed by atoms with Crippen LogP contribution in [0.15, 0.2) is 54.1 Å². The van der Waals surface area contributed by atoms with Crippen molar-refractivity contribution in [2.24, 2.45) is 0 Å². The zero-order valence-electron chi connectivity index (χ0n) is 19.3. The molecule has 2 aromatic carbocycles. The van der Waals surface area contributed by atoms with Crippen LogP contribution in [-0.4, -0.2) is 60.4 Å². The number of likely N-dealkylation sites (tertiary alicyclic amines) is 1. The molecule has 1 amide bonds. The summed E-state index contributed by atoms with van der Waals surface area (Å²) in [6.45, 7) is 5.73. The van der Waals surface area contributed by atoms with Crippen LogP contribution in [0.5, 0.6) is 5.75 Å². The lowest BCUT2D eigenvalue weighted by Gasteiger charge is -2.26. The largest absolute Gasteiger partial charge is 0.507 e. The minimum absolute atomic E-state index is 0.136. The summed E-state index contributed by atoms with van der Waals surface area (Å²) in [6, 6.07) is 14.2. The van der Waals surface area contributed by atoms with Crippen LogP contribution in [0.2, 0.25) is 0 Å². The maximum absolute atomic E-state index is 13.1. The molecule has 1 heterocycles. The minimum atomic E-state index is -0.646. The van der Waals surface area contributed by atoms with E-state index in [2.05, 4.69) is 0 Å². The van der Waals surface area contributed by atoms with E-state index in [4.69, 9.17) is 4.74 Å². The first kappa shape index (κ1) is 23.5. The monoisotopic (exact) mass is 436 g/mol. The van der Waals surface area contributed by atoms with Crippen molar-refractivity contribution in [3.05, 3.63) is 70.8 Å². The average molecular weight is 437 g/mol. The van der Waals surface area contributed by atoms with Gasteiger partial charge in [-0.05, 0) is 69.7 Å². The van der Waals surface area contributed by atoms with Crippen molar-refractivity contribution >= 4 is 17.4 Å². The summed E-state index contributed by atoms with van der Waals surface area (Å²) < 4.78 is 5.67. The molecular formula is C26H32N2O4. The molecule has 3 rings (SSSR count). The Morgan fingerprint density at radius 1 is 1.12 bits per heavy atom. The van der Waals surface area contributed by atoms with Crippen molar-refractivity contribution in [1.82, 2.24) is 9.80 Å². The number of aryl methyl sites for hydroxylation is 1. The molecule has 32 heavy (non-hydrogen) atoms. The zero-order chi connectivity index (χ0) is 23.3. The van der Waals surface area contributed by atoms with Gasteiger partial charge in [-0.15, -0.1) is 0 Å². The highest BCUT2D eigenvalue weighted by atomic mass is 16.5. The number of rotatable bonds is 9. The van der Waals surface area contributed by atoms with Gasteiger partial charge in [-0.1, -0.05) is 37.3 Å². The number of hydrogen-bond acceptors (Lipinski definition) is 5. The number of amides is 1. The second kappa shape index (κ2) is 10.5. The number of ketones is 1. The molecule has 6 nitrogen and oxygen atoms in total. The van der Waals surface area contributed by atoms with Crippen LogP contribution < -0.4 is 4.74 Å². The number of aliphatic hydroxyl groups is 1. The van der Waals surface area contributed by atoms with Gasteiger partial charge in [-0.2, -0.15) is 0 Å². The molecule has 1 N–H and O–H groups in total. The van der Waals surface area contributed by atoms with Gasteiger partial charge in [0.05, 0.1) is 18.2 Å². The fraction of sp³-hybridized carbons (Fsp3) is 0.385. The van der Waals surface area contributed by atoms with E-state index in [1.54, 1.807) is 17.0 Å². The molecule has 0 saturated carbocycles. The van der Waals surface area contributed by atoms with Gasteiger partial charge in [0.2, 0.25) is 0 Å². The maximum Gasteiger partial charge on any atom is 0.295 e. The molecule has 170 valence electrons. The third kappa shape index (κ3) is 5.02. The third-order valence-corrected chi connectivity index (χ3v) is 5.59. The van der Waals surface area contributed by atoms with Crippen LogP contribution >= 0.6 is 0 Å². The van der Waals surface area contributed by atoms with Crippen molar-refractivity contribution in [1.29, 1.82) is 0 Å². The molecule has 1 fully saturated rings. The summed E-state index contributed by atoms with van der Waals surface area (Å²) in [5, 5.41) is 11.3. The van der Waals surface area contributed by atoms with Gasteiger partial charge in [-0.25, -0.2) is 0 Å². The first-order valence-electron chi connectivity index (χ1n) is 11.1. The van der Waals surface area contributed by atoms with Crippen LogP contribution in [-0.2, 0) is 9.59 Å². The standard InChI is InChI=1S/C26H32N2O4/c1-5-16-32-20-12-13-21(18(2)17-20)24(29)22-23(19-10-7-6-8-11-19)28(26(31)25(22)30)15-9-14-27(3)4/h6-8,10-13,17,23,29H,5,9,14-16H2,1-4H3/b24-22+. The molecule has 2 aromatic rings. The smallest absolute Gasteiger partial charge is 0.295 e. The van der Waals surface area contributed by atoms with E-state index >= 15 is 0 Å². The second-order valence-electron chi connectivity index (χ2n) is 8.39. The summed E-state index contributed by atoms with van der Waals surface area (Å²) in [5.41, 5.74) is 2.25. The lowest BCUT2D eigenvalue weighted by atomic mass is 9.94. The Hall–Kier alpha value is -3.12. The van der Waals surface area contributed by atoms with Gasteiger partial charge in [0.15, 0.2) is 0 Å². The molecule has 1 unspecified atom stereocenters. The number of benzene rings is 2. The van der Waals surface area contributed by atoms with E-state index < -0.39 is 17.7 Å². The summed E-state index contributed by atoms with van der Waals surface area (Å²) in [7, 11) is 3.94. The van der Waals surface area contributed by atoms with Gasteiger partial charge >= 0.3 is 0 Å². The van der Waals surface area contributed by atoms with Crippen LogP contribution in [0, 0.1) is 6.92 Å². The van der Waals surface area contributed by atoms with Gasteiger partial charge in [-0.3, -0.25) is 9.59 Å². The van der Waals surface area contributed by atoms with Gasteiger partial charge in [0.25, 0.3) is 11.7 Å². The van der Waals surface area contributed by atoms with Gasteiger partial charge in [0, 0.05) is 12.1 Å². The van der Waals surface area contributed by atoms with Gasteiger partial charge < -0.3 is 19.6 Å². The molecule has 0 bridgehead atoms. The topological polar surface area (TPSA) is 70.1 Å². The Kier molecular flexibility index (Phi) is 7.70. The normalized spacial score (nSPS) is 17.9. The van der Waals surface area contributed by atoms with E-state index in [0.717, 1.165) is 30.5 Å². The molecule has 0 aromatic heterocycles. The lowest BCUT2D eigenvalue weighted by molar-refractivity contribution is -0.139. The van der Waals surface area contributed by atoms with E-state index in [-0.39, 0.29) is 11.3 Å². The highest BCUT2D eigenvalue weighted by Gasteiger charge is 2.45. The number of nitrogens with zero attached hydrogens (tertiary/aromatic N) is 2. The van der Waals surface area contributed by atoms with Crippen molar-refractivity contribution in [2.45, 2.75) is 32.7 Å². The summed E-state index contributed by atoms with van der Waals surface area (Å²) in [6.07, 6.45) is 1.63. The molecule has 0 spiro atoms. The molecule has 1 atom stereocenters. The fourth-order valence-electron chi connectivity index (χ4n) is 4.01. The zero-order valence-corrected chi connectivity index (χ0v) is 19.3. The molecular weight excluding hydrogens is 404 g/mol. The van der Waals surface area contributed by atoms with E-state index in [0.29, 0.717) is 24.5 Å². The Morgan fingerprint density at radius 3 is 2.47 bits per heavy atom. The lowest BCUT2D eigenvalue weighted by Crippen LogP contribution is -2.32. The molecule has 1 saturated heterocycles. The summed E-state index contributed by atoms with van der Waals surface area (Å²) >= 11 is 0. The highest BCUT2D eigenvalue weighted by Crippen LogP contribution is 2.40. The van der Waals surface area contributed by atoms with Crippen LogP contribution in [0.25, 0.3) is 5.76 Å². The second-order valence-corrected chi connectivity index (χ2v) is 8.39. The molecule has 1 aliphatic heterocycles. The first-order valence-corrected chi connectivity index (χ1v) is 11.1. The Morgan fingerprint density at radius 2 is 1.84 bits per heavy atom. The first-order chi connectivity index (χ1) is 15.3. The van der Waals surface area contributed by atoms with Crippen molar-refractivity contribution in [2.75, 3.05) is 33.8 Å². The van der Waals surface area contributed by atoms with E-state index in [1.807, 2.05) is 69.2 Å². The number of ether oxygens (including phenoxy) is 1. The van der Waals surface area contributed by atoms with Crippen LogP contribution in [0.4, 0.5) is 0 Å². The highest BCUT2D eigenvalue weighted by molar-refractivity contribution is 6.46. The molecule has 6 heteroatoms. The third-order valence-electron chi connectivity index (χ3n) is 5.59. The molecule has 0 aliphatic carbocycles. The van der Waals surface area contributed by atoms with E-state index in [1.165, 1.54) is 0 Å². The maximum atomic E-state index is 13.1. The number of aliphatic hydroxyl groups excluding tert-OH is 1. The molecule has 0 radical (unpaired) electrons. The fourth-order valence-corrected chi connectivity index (χ4v) is 4.01. The SMILES string of the molecule is CCCOc1ccc(/C(O)=C2\C(=O)C(=O)N(CCCN(C)C)C2c2ccccc2)c(C)c1. The summed E-state index contributed by atoms with van der Waals surface area (Å²) in [4.78, 5) is 29.7. The number of carbonyl (C=O) groups excluding carboxylic acids is 2. The van der Waals surface area contributed by atoms with Crippen molar-refractivity contribution < 1.29 is 19.4 Å². The predicted octanol–water partition coefficient (Wildman–Crippen LogP) is 4.16. The van der Waals surface area contributed by atoms with E-state index in [9.17, 15) is 14.7 Å². The number of carbonyl (C=O) groups is 2. The summed E-state index contributed by atoms with van der Waals surface area (Å²) in [5.74, 6) is -0.650. The Balaban J connectivity index is 2.04. The average Bonchev–Trinajstić information content (AvgIpc) is 3.02. The quantitative estimate of drug-likeness (QED) is 0.363. The van der Waals surface area contributed by atoms with Gasteiger partial charge in [0.1, 0.15) is 11.5 Å². The minimum Gasteiger partial charge on any atom is -0.507 e. The number of hydrogen-bond donors (Lipinski definition) is 1. The molecule has 1 aliphatic rings. The van der Waals surface area contributed by atoms with Crippen LogP contribution in [0.3, 0.4) is 0 Å². The predicted molar refractivity (Wildman–Crippen MR) is 126 cm³/mol. The van der Waals surface area contributed by atoms with Crippen LogP contribution in [0.1, 0.15) is 42.5 Å². The van der Waals surface area contributed by atoms with Crippen molar-refractivity contribution in [3.8, 4) is 5.75 Å². The Bertz CT molecular complexity index is 998. The Labute approximate surface area is 190 Å². The van der Waals surface area contributed by atoms with Crippen molar-refractivity contribution in [3.63, 3.8) is 0 Å². The number of Topliss-reactive ketones (excluding diaryl/α,β-unsaturated/α-hetero) is 1.